The van der Waals surface area contributed by atoms with E-state index < -0.39 is 5.60 Å². The van der Waals surface area contributed by atoms with Gasteiger partial charge < -0.3 is 24.0 Å². The lowest BCUT2D eigenvalue weighted by Crippen LogP contribution is -2.34. The van der Waals surface area contributed by atoms with Gasteiger partial charge in [0.05, 0.1) is 11.7 Å². The van der Waals surface area contributed by atoms with Gasteiger partial charge >= 0.3 is 5.97 Å². The summed E-state index contributed by atoms with van der Waals surface area (Å²) in [5, 5.41) is 0. The molecule has 236 valence electrons. The fourth-order valence-electron chi connectivity index (χ4n) is 7.34. The number of rotatable bonds is 9. The van der Waals surface area contributed by atoms with Crippen LogP contribution in [-0.4, -0.2) is 31.8 Å². The van der Waals surface area contributed by atoms with Gasteiger partial charge in [0.25, 0.3) is 0 Å². The van der Waals surface area contributed by atoms with Gasteiger partial charge in [-0.1, -0.05) is 78.9 Å². The van der Waals surface area contributed by atoms with E-state index in [1.807, 2.05) is 42.5 Å². The van der Waals surface area contributed by atoms with Gasteiger partial charge in [-0.05, 0) is 67.3 Å². The minimum Gasteiger partial charge on any atom is -0.456 e. The lowest BCUT2D eigenvalue weighted by Gasteiger charge is -2.38. The zero-order valence-electron chi connectivity index (χ0n) is 26.6. The van der Waals surface area contributed by atoms with Crippen LogP contribution in [0.3, 0.4) is 0 Å². The summed E-state index contributed by atoms with van der Waals surface area (Å²) in [7, 11) is 0. The lowest BCUT2D eigenvalue weighted by atomic mass is 9.77. The molecule has 1 saturated heterocycles. The highest BCUT2D eigenvalue weighted by molar-refractivity contribution is 5.97. The van der Waals surface area contributed by atoms with Crippen LogP contribution >= 0.6 is 0 Å². The zero-order chi connectivity index (χ0) is 31.8. The highest BCUT2D eigenvalue weighted by Crippen LogP contribution is 2.57. The van der Waals surface area contributed by atoms with Gasteiger partial charge in [-0.15, -0.1) is 0 Å². The SMILES string of the molecule is CCN(CC1CCCO1)c1ccc2c(c1)Oc1ccc(N(Cc3ccccc3)Cc3ccccc3)cc1C21OC(=O)c2ccccc21. The molecule has 0 amide bonds. The van der Waals surface area contributed by atoms with E-state index >= 15 is 0 Å². The van der Waals surface area contributed by atoms with E-state index in [0.29, 0.717) is 17.1 Å². The fourth-order valence-corrected chi connectivity index (χ4v) is 7.34. The van der Waals surface area contributed by atoms with E-state index in [1.165, 1.54) is 11.1 Å². The first kappa shape index (κ1) is 29.3. The minimum atomic E-state index is -1.14. The average molecular weight is 623 g/mol. The van der Waals surface area contributed by atoms with Gasteiger partial charge in [0, 0.05) is 66.9 Å². The molecule has 0 bridgehead atoms. The van der Waals surface area contributed by atoms with E-state index in [0.717, 1.165) is 73.7 Å². The number of likely N-dealkylation sites (N-methyl/N-ethyl adjacent to an activating group) is 1. The summed E-state index contributed by atoms with van der Waals surface area (Å²) in [5.41, 5.74) is 6.45. The van der Waals surface area contributed by atoms with Crippen LogP contribution < -0.4 is 14.5 Å². The van der Waals surface area contributed by atoms with Crippen molar-refractivity contribution in [2.75, 3.05) is 29.5 Å². The van der Waals surface area contributed by atoms with Crippen molar-refractivity contribution in [3.63, 3.8) is 0 Å². The smallest absolute Gasteiger partial charge is 0.340 e. The Morgan fingerprint density at radius 1 is 0.702 bits per heavy atom. The van der Waals surface area contributed by atoms with Crippen molar-refractivity contribution in [2.45, 2.75) is 44.6 Å². The molecule has 3 heterocycles. The molecule has 6 nitrogen and oxygen atoms in total. The molecule has 47 heavy (non-hydrogen) atoms. The summed E-state index contributed by atoms with van der Waals surface area (Å²) < 4.78 is 19.2. The summed E-state index contributed by atoms with van der Waals surface area (Å²) >= 11 is 0. The Morgan fingerprint density at radius 2 is 1.38 bits per heavy atom. The summed E-state index contributed by atoms with van der Waals surface area (Å²) in [6.07, 6.45) is 2.42. The van der Waals surface area contributed by atoms with Gasteiger partial charge in [0.15, 0.2) is 5.60 Å². The second kappa shape index (κ2) is 12.3. The second-order valence-electron chi connectivity index (χ2n) is 12.6. The number of hydrogen-bond donors (Lipinski definition) is 0. The van der Waals surface area contributed by atoms with E-state index in [4.69, 9.17) is 14.2 Å². The quantitative estimate of drug-likeness (QED) is 0.154. The third kappa shape index (κ3) is 5.33. The van der Waals surface area contributed by atoms with Crippen LogP contribution in [0.1, 0.15) is 57.9 Å². The molecule has 0 saturated carbocycles. The van der Waals surface area contributed by atoms with Crippen LogP contribution in [0.4, 0.5) is 11.4 Å². The first-order valence-electron chi connectivity index (χ1n) is 16.6. The maximum atomic E-state index is 13.6. The van der Waals surface area contributed by atoms with Crippen molar-refractivity contribution in [2.24, 2.45) is 0 Å². The summed E-state index contributed by atoms with van der Waals surface area (Å²) in [6, 6.07) is 41.4. The number of ether oxygens (including phenoxy) is 3. The van der Waals surface area contributed by atoms with Gasteiger partial charge in [0.2, 0.25) is 0 Å². The molecule has 0 aliphatic carbocycles. The molecule has 0 N–H and O–H groups in total. The van der Waals surface area contributed by atoms with Gasteiger partial charge in [-0.2, -0.15) is 0 Å². The van der Waals surface area contributed by atoms with Crippen molar-refractivity contribution < 1.29 is 19.0 Å². The van der Waals surface area contributed by atoms with E-state index in [2.05, 4.69) is 95.6 Å². The monoisotopic (exact) mass is 622 g/mol. The summed E-state index contributed by atoms with van der Waals surface area (Å²) in [6.45, 7) is 6.11. The highest BCUT2D eigenvalue weighted by Gasteiger charge is 2.53. The Bertz CT molecular complexity index is 1860. The van der Waals surface area contributed by atoms with Crippen LogP contribution in [0.2, 0.25) is 0 Å². The fraction of sp³-hybridized carbons (Fsp3) is 0.244. The third-order valence-electron chi connectivity index (χ3n) is 9.67. The molecule has 2 unspecified atom stereocenters. The van der Waals surface area contributed by atoms with Crippen molar-refractivity contribution in [3.05, 3.63) is 155 Å². The number of carbonyl (C=O) groups is 1. The number of fused-ring (bicyclic) bond motifs is 6. The van der Waals surface area contributed by atoms with Crippen LogP contribution in [0.25, 0.3) is 0 Å². The third-order valence-corrected chi connectivity index (χ3v) is 9.67. The first-order valence-corrected chi connectivity index (χ1v) is 16.6. The number of benzene rings is 5. The maximum absolute atomic E-state index is 13.6. The van der Waals surface area contributed by atoms with Crippen LogP contribution in [0.15, 0.2) is 121 Å². The molecular formula is C41H38N2O4. The molecule has 3 aliphatic rings. The van der Waals surface area contributed by atoms with E-state index in [1.54, 1.807) is 0 Å². The molecular weight excluding hydrogens is 584 g/mol. The summed E-state index contributed by atoms with van der Waals surface area (Å²) in [5.74, 6) is 1.06. The topological polar surface area (TPSA) is 51.2 Å². The Morgan fingerprint density at radius 3 is 2.09 bits per heavy atom. The molecule has 5 aromatic rings. The van der Waals surface area contributed by atoms with Crippen molar-refractivity contribution in [3.8, 4) is 11.5 Å². The van der Waals surface area contributed by atoms with Gasteiger partial charge in [0.1, 0.15) is 11.5 Å². The van der Waals surface area contributed by atoms with Crippen LogP contribution in [-0.2, 0) is 28.2 Å². The van der Waals surface area contributed by atoms with Crippen molar-refractivity contribution >= 4 is 17.3 Å². The molecule has 3 aliphatic heterocycles. The number of carbonyl (C=O) groups excluding carboxylic acids is 1. The molecule has 0 radical (unpaired) electrons. The van der Waals surface area contributed by atoms with Crippen molar-refractivity contribution in [1.82, 2.24) is 0 Å². The molecule has 8 rings (SSSR count). The highest BCUT2D eigenvalue weighted by atomic mass is 16.6. The average Bonchev–Trinajstić information content (AvgIpc) is 3.74. The normalized spacial score (nSPS) is 19.0. The van der Waals surface area contributed by atoms with Crippen LogP contribution in [0, 0.1) is 0 Å². The molecule has 0 aromatic heterocycles. The molecule has 1 fully saturated rings. The Hall–Kier alpha value is -5.07. The Balaban J connectivity index is 1.24. The molecule has 2 atom stereocenters. The molecule has 1 spiro atoms. The minimum absolute atomic E-state index is 0.231. The predicted octanol–water partition coefficient (Wildman–Crippen LogP) is 8.47. The lowest BCUT2D eigenvalue weighted by molar-refractivity contribution is 0.0224. The first-order chi connectivity index (χ1) is 23.1. The number of anilines is 2. The Kier molecular flexibility index (Phi) is 7.66. The zero-order valence-corrected chi connectivity index (χ0v) is 26.6. The molecule has 5 aromatic carbocycles. The Labute approximate surface area is 276 Å². The molecule has 6 heteroatoms. The number of esters is 1. The van der Waals surface area contributed by atoms with E-state index in [9.17, 15) is 4.79 Å². The number of nitrogens with zero attached hydrogens (tertiary/aromatic N) is 2. The standard InChI is InChI=1S/C41H38N2O4/c1-2-42(28-33-16-11-23-45-33)32-19-21-36-39(25-32)46-38-22-20-31(24-37(38)41(36)35-18-10-9-17-34(35)40(44)47-41)43(26-29-12-5-3-6-13-29)27-30-14-7-4-8-15-30/h3-10,12-15,17-22,24-25,33H,2,11,16,23,26-28H2,1H3. The largest absolute Gasteiger partial charge is 0.456 e. The maximum Gasteiger partial charge on any atom is 0.340 e. The van der Waals surface area contributed by atoms with Crippen LogP contribution in [0.5, 0.6) is 11.5 Å². The number of hydrogen-bond acceptors (Lipinski definition) is 6. The summed E-state index contributed by atoms with van der Waals surface area (Å²) in [4.78, 5) is 18.3. The van der Waals surface area contributed by atoms with Gasteiger partial charge in [-0.3, -0.25) is 0 Å². The van der Waals surface area contributed by atoms with Gasteiger partial charge in [-0.25, -0.2) is 4.79 Å². The van der Waals surface area contributed by atoms with E-state index in [-0.39, 0.29) is 12.1 Å². The second-order valence-corrected chi connectivity index (χ2v) is 12.6. The van der Waals surface area contributed by atoms with Crippen molar-refractivity contribution in [1.29, 1.82) is 0 Å². The predicted molar refractivity (Wildman–Crippen MR) is 184 cm³/mol.